The zero-order chi connectivity index (χ0) is 8.97. The maximum atomic E-state index is 10.7. The molecule has 1 rings (SSSR count). The molecule has 1 saturated heterocycles. The fourth-order valence-electron chi connectivity index (χ4n) is 1.55. The van der Waals surface area contributed by atoms with Crippen molar-refractivity contribution in [2.75, 3.05) is 26.7 Å². The summed E-state index contributed by atoms with van der Waals surface area (Å²) in [5.74, 6) is 0.00543. The number of nitrogens with zero attached hydrogens (tertiary/aromatic N) is 1. The van der Waals surface area contributed by atoms with E-state index in [1.165, 1.54) is 0 Å². The van der Waals surface area contributed by atoms with Gasteiger partial charge in [0.1, 0.15) is 5.78 Å². The van der Waals surface area contributed by atoms with Gasteiger partial charge in [-0.15, -0.1) is 0 Å². The lowest BCUT2D eigenvalue weighted by Crippen LogP contribution is -2.39. The number of rotatable bonds is 3. The molecule has 0 aromatic heterocycles. The molecule has 3 heteroatoms. The third-order valence-corrected chi connectivity index (χ3v) is 2.27. The van der Waals surface area contributed by atoms with Gasteiger partial charge in [0.15, 0.2) is 0 Å². The molecule has 1 aliphatic rings. The second-order valence-electron chi connectivity index (χ2n) is 3.25. The number of methoxy groups -OCH3 is 1. The van der Waals surface area contributed by atoms with Crippen LogP contribution in [0, 0.1) is 6.92 Å². The zero-order valence-electron chi connectivity index (χ0n) is 7.58. The highest BCUT2D eigenvalue weighted by atomic mass is 16.5. The average molecular weight is 170 g/mol. The molecule has 12 heavy (non-hydrogen) atoms. The van der Waals surface area contributed by atoms with Gasteiger partial charge in [-0.3, -0.25) is 9.69 Å². The number of carbonyl (C=O) groups is 1. The highest BCUT2D eigenvalue weighted by molar-refractivity contribution is 5.84. The Morgan fingerprint density at radius 3 is 2.58 bits per heavy atom. The average Bonchev–Trinajstić information content (AvgIpc) is 2.05. The van der Waals surface area contributed by atoms with Crippen LogP contribution in [0.1, 0.15) is 12.8 Å². The van der Waals surface area contributed by atoms with Crippen molar-refractivity contribution in [3.05, 3.63) is 6.92 Å². The molecule has 0 unspecified atom stereocenters. The maximum absolute atomic E-state index is 10.7. The molecule has 0 atom stereocenters. The van der Waals surface area contributed by atoms with E-state index in [2.05, 4.69) is 11.8 Å². The van der Waals surface area contributed by atoms with Crippen LogP contribution in [0.2, 0.25) is 0 Å². The van der Waals surface area contributed by atoms with E-state index in [4.69, 9.17) is 4.74 Å². The van der Waals surface area contributed by atoms with Gasteiger partial charge < -0.3 is 4.74 Å². The van der Waals surface area contributed by atoms with Gasteiger partial charge in [0.25, 0.3) is 0 Å². The fourth-order valence-corrected chi connectivity index (χ4v) is 1.55. The number of carbonyl (C=O) groups excluding carboxylic acids is 1. The number of hydrogen-bond acceptors (Lipinski definition) is 3. The summed E-state index contributed by atoms with van der Waals surface area (Å²) in [6.45, 7) is 5.77. The first-order chi connectivity index (χ1) is 5.72. The second kappa shape index (κ2) is 4.58. The zero-order valence-corrected chi connectivity index (χ0v) is 7.58. The van der Waals surface area contributed by atoms with E-state index < -0.39 is 0 Å². The molecule has 0 bridgehead atoms. The van der Waals surface area contributed by atoms with Gasteiger partial charge in [0.05, 0.1) is 12.6 Å². The summed E-state index contributed by atoms with van der Waals surface area (Å²) < 4.78 is 5.22. The minimum Gasteiger partial charge on any atom is -0.381 e. The van der Waals surface area contributed by atoms with Gasteiger partial charge >= 0.3 is 0 Å². The number of likely N-dealkylation sites (tertiary alicyclic amines) is 1. The van der Waals surface area contributed by atoms with Crippen LogP contribution in [0.15, 0.2) is 0 Å². The second-order valence-corrected chi connectivity index (χ2v) is 3.25. The van der Waals surface area contributed by atoms with Crippen molar-refractivity contribution < 1.29 is 9.53 Å². The van der Waals surface area contributed by atoms with Gasteiger partial charge in [-0.25, -0.2) is 0 Å². The molecule has 1 heterocycles. The number of hydrogen-bond donors (Lipinski definition) is 0. The van der Waals surface area contributed by atoms with Gasteiger partial charge in [-0.2, -0.15) is 0 Å². The van der Waals surface area contributed by atoms with Crippen LogP contribution < -0.4 is 0 Å². The normalized spacial score (nSPS) is 21.2. The van der Waals surface area contributed by atoms with Gasteiger partial charge in [0.2, 0.25) is 0 Å². The minimum atomic E-state index is 0.00543. The van der Waals surface area contributed by atoms with E-state index in [9.17, 15) is 4.79 Å². The molecule has 0 N–H and O–H groups in total. The van der Waals surface area contributed by atoms with Gasteiger partial charge in [-0.05, 0) is 12.8 Å². The molecule has 3 nitrogen and oxygen atoms in total. The molecule has 0 aliphatic carbocycles. The van der Waals surface area contributed by atoms with Crippen LogP contribution >= 0.6 is 0 Å². The molecule has 0 spiro atoms. The van der Waals surface area contributed by atoms with Gasteiger partial charge in [-0.1, -0.05) is 0 Å². The Labute approximate surface area is 73.7 Å². The van der Waals surface area contributed by atoms with Crippen LogP contribution in [0.5, 0.6) is 0 Å². The van der Waals surface area contributed by atoms with E-state index in [1.54, 1.807) is 7.11 Å². The fraction of sp³-hybridized carbons (Fsp3) is 0.778. The highest BCUT2D eigenvalue weighted by Gasteiger charge is 2.18. The quantitative estimate of drug-likeness (QED) is 0.617. The van der Waals surface area contributed by atoms with Crippen LogP contribution in [-0.2, 0) is 9.53 Å². The monoisotopic (exact) mass is 170 g/mol. The summed E-state index contributed by atoms with van der Waals surface area (Å²) in [5, 5.41) is 0. The van der Waals surface area contributed by atoms with Crippen molar-refractivity contribution >= 4 is 5.78 Å². The molecule has 0 saturated carbocycles. The Hall–Kier alpha value is -0.410. The highest BCUT2D eigenvalue weighted by Crippen LogP contribution is 2.11. The van der Waals surface area contributed by atoms with E-state index >= 15 is 0 Å². The van der Waals surface area contributed by atoms with Crippen molar-refractivity contribution in [2.24, 2.45) is 0 Å². The first kappa shape index (κ1) is 9.68. The van der Waals surface area contributed by atoms with Crippen molar-refractivity contribution in [3.63, 3.8) is 0 Å². The van der Waals surface area contributed by atoms with E-state index in [1.807, 2.05) is 0 Å². The lowest BCUT2D eigenvalue weighted by atomic mass is 10.1. The maximum Gasteiger partial charge on any atom is 0.147 e. The predicted octanol–water partition coefficient (Wildman–Crippen LogP) is 0.500. The molecular weight excluding hydrogens is 154 g/mol. The summed E-state index contributed by atoms with van der Waals surface area (Å²) in [4.78, 5) is 12.8. The summed E-state index contributed by atoms with van der Waals surface area (Å²) >= 11 is 0. The number of piperidine rings is 1. The standard InChI is InChI=1S/C9H16NO2/c1-8(11)7-10-5-3-9(12-2)4-6-10/h9H,1,3-7H2,2H3. The molecule has 1 fully saturated rings. The Morgan fingerprint density at radius 2 is 2.17 bits per heavy atom. The summed E-state index contributed by atoms with van der Waals surface area (Å²) in [6, 6.07) is 0. The van der Waals surface area contributed by atoms with Gasteiger partial charge in [0, 0.05) is 27.1 Å². The Morgan fingerprint density at radius 1 is 1.58 bits per heavy atom. The van der Waals surface area contributed by atoms with E-state index in [0.717, 1.165) is 25.9 Å². The smallest absolute Gasteiger partial charge is 0.147 e. The van der Waals surface area contributed by atoms with Crippen LogP contribution in [-0.4, -0.2) is 43.5 Å². The molecule has 69 valence electrons. The van der Waals surface area contributed by atoms with E-state index in [-0.39, 0.29) is 5.78 Å². The molecule has 0 aromatic carbocycles. The summed E-state index contributed by atoms with van der Waals surface area (Å²) in [6.07, 6.45) is 2.45. The van der Waals surface area contributed by atoms with Crippen LogP contribution in [0.25, 0.3) is 0 Å². The lowest BCUT2D eigenvalue weighted by molar-refractivity contribution is -0.116. The summed E-state index contributed by atoms with van der Waals surface area (Å²) in [5.41, 5.74) is 0. The largest absolute Gasteiger partial charge is 0.381 e. The van der Waals surface area contributed by atoms with Crippen molar-refractivity contribution in [1.29, 1.82) is 0 Å². The number of ketones is 1. The lowest BCUT2D eigenvalue weighted by Gasteiger charge is -2.30. The first-order valence-corrected chi connectivity index (χ1v) is 4.32. The Balaban J connectivity index is 2.21. The SMILES string of the molecule is [CH2]C(=O)CN1CCC(OC)CC1. The minimum absolute atomic E-state index is 0.00543. The molecule has 1 radical (unpaired) electrons. The number of ether oxygens (including phenoxy) is 1. The van der Waals surface area contributed by atoms with Crippen molar-refractivity contribution in [3.8, 4) is 0 Å². The Bertz CT molecular complexity index is 151. The molecule has 1 aliphatic heterocycles. The van der Waals surface area contributed by atoms with E-state index in [0.29, 0.717) is 12.6 Å². The number of Topliss-reactive ketones (excluding diaryl/α,β-unsaturated/α-hetero) is 1. The first-order valence-electron chi connectivity index (χ1n) is 4.32. The van der Waals surface area contributed by atoms with Crippen molar-refractivity contribution in [1.82, 2.24) is 4.90 Å². The predicted molar refractivity (Wildman–Crippen MR) is 46.8 cm³/mol. The molecule has 0 aromatic rings. The molecule has 0 amide bonds. The third-order valence-electron chi connectivity index (χ3n) is 2.27. The summed E-state index contributed by atoms with van der Waals surface area (Å²) in [7, 11) is 1.74. The topological polar surface area (TPSA) is 29.5 Å². The third kappa shape index (κ3) is 2.91. The molecular formula is C9H16NO2. The van der Waals surface area contributed by atoms with Crippen LogP contribution in [0.4, 0.5) is 0 Å². The van der Waals surface area contributed by atoms with Crippen molar-refractivity contribution in [2.45, 2.75) is 18.9 Å². The van der Waals surface area contributed by atoms with Crippen LogP contribution in [0.3, 0.4) is 0 Å². The Kier molecular flexibility index (Phi) is 3.69.